The van der Waals surface area contributed by atoms with Gasteiger partial charge < -0.3 is 0 Å². The van der Waals surface area contributed by atoms with Crippen LogP contribution < -0.4 is 0 Å². The van der Waals surface area contributed by atoms with Crippen molar-refractivity contribution < 1.29 is 0 Å². The van der Waals surface area contributed by atoms with Crippen molar-refractivity contribution in [3.63, 3.8) is 0 Å². The Kier molecular flexibility index (Phi) is 2.74. The Bertz CT molecular complexity index is 768. The summed E-state index contributed by atoms with van der Waals surface area (Å²) in [6, 6.07) is 15.3. The number of hydrogen-bond donors (Lipinski definition) is 0. The molecule has 2 aliphatic heterocycles. The van der Waals surface area contributed by atoms with Crippen LogP contribution >= 0.6 is 11.8 Å². The van der Waals surface area contributed by atoms with Crippen molar-refractivity contribution in [1.82, 2.24) is 0 Å². The standard InChI is InChI=1S/C17H14N2S/c1-11-15-16(19-10-9-18-15)17(20-11)14-8-4-6-12-5-2-3-7-13(12)14/h2-10,16-17H,1H3. The lowest BCUT2D eigenvalue weighted by atomic mass is 9.97. The summed E-state index contributed by atoms with van der Waals surface area (Å²) in [4.78, 5) is 10.5. The van der Waals surface area contributed by atoms with E-state index in [1.54, 1.807) is 6.21 Å². The molecule has 20 heavy (non-hydrogen) atoms. The summed E-state index contributed by atoms with van der Waals surface area (Å²) in [7, 11) is 0. The monoisotopic (exact) mass is 278 g/mol. The zero-order chi connectivity index (χ0) is 13.5. The molecule has 2 atom stereocenters. The largest absolute Gasteiger partial charge is 0.280 e. The van der Waals surface area contributed by atoms with Crippen LogP contribution in [0.1, 0.15) is 17.7 Å². The van der Waals surface area contributed by atoms with Crippen molar-refractivity contribution in [2.45, 2.75) is 18.2 Å². The number of thioether (sulfide) groups is 1. The highest BCUT2D eigenvalue weighted by molar-refractivity contribution is 8.03. The van der Waals surface area contributed by atoms with E-state index < -0.39 is 0 Å². The Morgan fingerprint density at radius 2 is 1.85 bits per heavy atom. The molecular weight excluding hydrogens is 264 g/mol. The molecule has 0 radical (unpaired) electrons. The maximum absolute atomic E-state index is 4.65. The van der Waals surface area contributed by atoms with Crippen molar-refractivity contribution in [1.29, 1.82) is 0 Å². The van der Waals surface area contributed by atoms with E-state index in [0.717, 1.165) is 5.70 Å². The average Bonchev–Trinajstić information content (AvgIpc) is 2.84. The van der Waals surface area contributed by atoms with Crippen LogP contribution in [0.2, 0.25) is 0 Å². The molecule has 0 amide bonds. The molecule has 0 saturated heterocycles. The van der Waals surface area contributed by atoms with E-state index in [1.807, 2.05) is 18.0 Å². The zero-order valence-corrected chi connectivity index (χ0v) is 12.0. The molecule has 2 unspecified atom stereocenters. The van der Waals surface area contributed by atoms with E-state index in [9.17, 15) is 0 Å². The smallest absolute Gasteiger partial charge is 0.109 e. The van der Waals surface area contributed by atoms with Gasteiger partial charge in [-0.05, 0) is 23.3 Å². The van der Waals surface area contributed by atoms with Gasteiger partial charge in [0.2, 0.25) is 0 Å². The molecule has 98 valence electrons. The van der Waals surface area contributed by atoms with E-state index >= 15 is 0 Å². The van der Waals surface area contributed by atoms with E-state index in [2.05, 4.69) is 59.4 Å². The van der Waals surface area contributed by atoms with Crippen molar-refractivity contribution in [3.8, 4) is 0 Å². The highest BCUT2D eigenvalue weighted by atomic mass is 32.2. The minimum atomic E-state index is 0.163. The van der Waals surface area contributed by atoms with Gasteiger partial charge in [-0.1, -0.05) is 42.5 Å². The first-order valence-electron chi connectivity index (χ1n) is 6.75. The first-order chi connectivity index (χ1) is 9.84. The Hall–Kier alpha value is -1.87. The van der Waals surface area contributed by atoms with Crippen molar-refractivity contribution in [2.75, 3.05) is 0 Å². The van der Waals surface area contributed by atoms with E-state index in [-0.39, 0.29) is 6.04 Å². The summed E-state index contributed by atoms with van der Waals surface area (Å²) in [6.07, 6.45) is 3.62. The predicted octanol–water partition coefficient (Wildman–Crippen LogP) is 4.38. The number of allylic oxidation sites excluding steroid dienone is 1. The Balaban J connectivity index is 1.86. The molecule has 2 nitrogen and oxygen atoms in total. The third-order valence-electron chi connectivity index (χ3n) is 3.89. The highest BCUT2D eigenvalue weighted by Crippen LogP contribution is 2.51. The van der Waals surface area contributed by atoms with Crippen molar-refractivity contribution in [2.24, 2.45) is 9.98 Å². The molecule has 0 N–H and O–H groups in total. The molecule has 0 spiro atoms. The van der Waals surface area contributed by atoms with Gasteiger partial charge in [0.1, 0.15) is 6.04 Å². The van der Waals surface area contributed by atoms with Crippen LogP contribution in [0.15, 0.2) is 63.1 Å². The lowest BCUT2D eigenvalue weighted by Crippen LogP contribution is -2.15. The zero-order valence-electron chi connectivity index (χ0n) is 11.2. The fourth-order valence-electron chi connectivity index (χ4n) is 2.96. The third-order valence-corrected chi connectivity index (χ3v) is 5.22. The van der Waals surface area contributed by atoms with E-state index in [0.29, 0.717) is 5.25 Å². The number of nitrogens with zero attached hydrogens (tertiary/aromatic N) is 2. The molecular formula is C17H14N2S. The molecule has 0 bridgehead atoms. The van der Waals surface area contributed by atoms with Crippen LogP contribution in [0, 0.1) is 0 Å². The van der Waals surface area contributed by atoms with Gasteiger partial charge in [0.05, 0.1) is 10.9 Å². The van der Waals surface area contributed by atoms with Gasteiger partial charge in [0, 0.05) is 17.3 Å². The summed E-state index contributed by atoms with van der Waals surface area (Å²) in [6.45, 7) is 2.15. The number of hydrogen-bond acceptors (Lipinski definition) is 3. The van der Waals surface area contributed by atoms with Gasteiger partial charge >= 0.3 is 0 Å². The molecule has 0 aliphatic carbocycles. The number of aliphatic imine (C=N–C) groups is 2. The normalized spacial score (nSPS) is 24.4. The van der Waals surface area contributed by atoms with Gasteiger partial charge in [-0.3, -0.25) is 9.98 Å². The van der Waals surface area contributed by atoms with Crippen LogP contribution in [0.3, 0.4) is 0 Å². The van der Waals surface area contributed by atoms with Gasteiger partial charge in [0.15, 0.2) is 0 Å². The van der Waals surface area contributed by atoms with E-state index in [4.69, 9.17) is 0 Å². The summed E-state index contributed by atoms with van der Waals surface area (Å²) in [5.41, 5.74) is 2.50. The van der Waals surface area contributed by atoms with E-state index in [1.165, 1.54) is 21.2 Å². The Labute approximate surface area is 122 Å². The maximum Gasteiger partial charge on any atom is 0.109 e. The molecule has 2 aromatic rings. The second kappa shape index (κ2) is 4.60. The minimum Gasteiger partial charge on any atom is -0.280 e. The Morgan fingerprint density at radius 1 is 1.00 bits per heavy atom. The van der Waals surface area contributed by atoms with Crippen molar-refractivity contribution in [3.05, 3.63) is 58.6 Å². The second-order valence-corrected chi connectivity index (χ2v) is 6.43. The van der Waals surface area contributed by atoms with Crippen LogP contribution in [-0.4, -0.2) is 18.5 Å². The molecule has 4 rings (SSSR count). The molecule has 2 aromatic carbocycles. The summed E-state index contributed by atoms with van der Waals surface area (Å²) >= 11 is 1.89. The van der Waals surface area contributed by atoms with Crippen LogP contribution in [-0.2, 0) is 0 Å². The fraction of sp³-hybridized carbons (Fsp3) is 0.176. The third kappa shape index (κ3) is 1.74. The minimum absolute atomic E-state index is 0.163. The topological polar surface area (TPSA) is 24.7 Å². The number of rotatable bonds is 1. The van der Waals surface area contributed by atoms with Crippen LogP contribution in [0.25, 0.3) is 10.8 Å². The van der Waals surface area contributed by atoms with Crippen LogP contribution in [0.4, 0.5) is 0 Å². The predicted molar refractivity (Wildman–Crippen MR) is 87.8 cm³/mol. The number of benzene rings is 2. The molecule has 2 heterocycles. The van der Waals surface area contributed by atoms with Gasteiger partial charge in [0.25, 0.3) is 0 Å². The van der Waals surface area contributed by atoms with Gasteiger partial charge in [-0.15, -0.1) is 11.8 Å². The second-order valence-electron chi connectivity index (χ2n) is 5.07. The quantitative estimate of drug-likeness (QED) is 0.759. The molecule has 0 fully saturated rings. The molecule has 3 heteroatoms. The number of fused-ring (bicyclic) bond motifs is 2. The van der Waals surface area contributed by atoms with Crippen molar-refractivity contribution >= 4 is 35.0 Å². The van der Waals surface area contributed by atoms with Crippen LogP contribution in [0.5, 0.6) is 0 Å². The van der Waals surface area contributed by atoms with Gasteiger partial charge in [-0.25, -0.2) is 0 Å². The first kappa shape index (κ1) is 11.9. The fourth-order valence-corrected chi connectivity index (χ4v) is 4.30. The Morgan fingerprint density at radius 3 is 2.80 bits per heavy atom. The highest BCUT2D eigenvalue weighted by Gasteiger charge is 2.36. The summed E-state index contributed by atoms with van der Waals surface area (Å²) < 4.78 is 0. The SMILES string of the molecule is CC1=C2N=CC=NC2C(c2cccc3ccccc23)S1. The van der Waals surface area contributed by atoms with Gasteiger partial charge in [-0.2, -0.15) is 0 Å². The summed E-state index contributed by atoms with van der Waals surface area (Å²) in [5, 5.41) is 2.95. The molecule has 0 saturated carbocycles. The molecule has 0 aromatic heterocycles. The maximum atomic E-state index is 4.65. The lowest BCUT2D eigenvalue weighted by molar-refractivity contribution is 0.759. The average molecular weight is 278 g/mol. The molecule has 2 aliphatic rings. The lowest BCUT2D eigenvalue weighted by Gasteiger charge is -2.20. The first-order valence-corrected chi connectivity index (χ1v) is 7.63. The summed E-state index contributed by atoms with van der Waals surface area (Å²) in [5.74, 6) is 0.